The van der Waals surface area contributed by atoms with Crippen LogP contribution in [-0.4, -0.2) is 81.7 Å². The first-order chi connectivity index (χ1) is 20.6. The second-order valence-corrected chi connectivity index (χ2v) is 11.4. The Hall–Kier alpha value is -4.91. The third-order valence-electron chi connectivity index (χ3n) is 8.85. The van der Waals surface area contributed by atoms with Crippen molar-refractivity contribution < 1.29 is 23.5 Å². The Balaban J connectivity index is 1.58. The van der Waals surface area contributed by atoms with Crippen molar-refractivity contribution in [1.29, 1.82) is 0 Å². The number of halogens is 2. The van der Waals surface area contributed by atoms with E-state index in [2.05, 4.69) is 24.8 Å². The number of nitrogens with one attached hydrogen (secondary N) is 1. The SMILES string of the molecule is CN1C[C@@H]2CCN(c3c(-c4cnc5c(c4)c(=O)c(C(=O)O)cn5C)cnc4[nH]c5c(N(C)C=O)cc(F)c(F)c5c34)[C@@H]2C1. The Morgan fingerprint density at radius 3 is 2.70 bits per heavy atom. The summed E-state index contributed by atoms with van der Waals surface area (Å²) in [6.07, 6.45) is 5.82. The minimum atomic E-state index is -1.35. The molecule has 7 rings (SSSR count). The van der Waals surface area contributed by atoms with Gasteiger partial charge in [-0.3, -0.25) is 9.59 Å². The lowest BCUT2D eigenvalue weighted by Crippen LogP contribution is -2.35. The van der Waals surface area contributed by atoms with Crippen molar-refractivity contribution in [3.05, 3.63) is 58.1 Å². The Kier molecular flexibility index (Phi) is 5.99. The second kappa shape index (κ2) is 9.56. The van der Waals surface area contributed by atoms with E-state index in [9.17, 15) is 19.5 Å². The highest BCUT2D eigenvalue weighted by Crippen LogP contribution is 2.47. The third-order valence-corrected chi connectivity index (χ3v) is 8.85. The van der Waals surface area contributed by atoms with Crippen LogP contribution in [0.3, 0.4) is 0 Å². The summed E-state index contributed by atoms with van der Waals surface area (Å²) in [7, 11) is 5.11. The minimum Gasteiger partial charge on any atom is -0.477 e. The van der Waals surface area contributed by atoms with Crippen LogP contribution in [0, 0.1) is 17.6 Å². The van der Waals surface area contributed by atoms with Crippen molar-refractivity contribution in [2.75, 3.05) is 43.5 Å². The molecular weight excluding hydrogens is 560 g/mol. The van der Waals surface area contributed by atoms with E-state index in [1.807, 2.05) is 7.05 Å². The number of likely N-dealkylation sites (tertiary alicyclic amines) is 1. The van der Waals surface area contributed by atoms with E-state index in [1.54, 1.807) is 25.5 Å². The maximum atomic E-state index is 15.8. The summed E-state index contributed by atoms with van der Waals surface area (Å²) in [6.45, 7) is 2.33. The highest BCUT2D eigenvalue weighted by molar-refractivity contribution is 6.19. The fourth-order valence-corrected chi connectivity index (χ4v) is 6.88. The molecule has 11 nitrogen and oxygen atoms in total. The number of carbonyl (C=O) groups is 2. The van der Waals surface area contributed by atoms with E-state index in [1.165, 1.54) is 22.7 Å². The summed E-state index contributed by atoms with van der Waals surface area (Å²) in [5, 5.41) is 10.0. The van der Waals surface area contributed by atoms with Crippen LogP contribution in [0.15, 0.2) is 35.5 Å². The number of fused-ring (bicyclic) bond motifs is 5. The van der Waals surface area contributed by atoms with Gasteiger partial charge in [-0.15, -0.1) is 0 Å². The van der Waals surface area contributed by atoms with Gasteiger partial charge in [-0.2, -0.15) is 0 Å². The third kappa shape index (κ3) is 3.91. The highest BCUT2D eigenvalue weighted by Gasteiger charge is 2.42. The number of hydrogen-bond donors (Lipinski definition) is 2. The van der Waals surface area contributed by atoms with E-state index >= 15 is 8.78 Å². The van der Waals surface area contributed by atoms with Crippen molar-refractivity contribution in [2.24, 2.45) is 13.0 Å². The zero-order valence-corrected chi connectivity index (χ0v) is 23.6. The number of nitrogens with zero attached hydrogens (tertiary/aromatic N) is 6. The number of aromatic amines is 1. The van der Waals surface area contributed by atoms with Gasteiger partial charge in [-0.25, -0.2) is 23.5 Å². The van der Waals surface area contributed by atoms with E-state index in [4.69, 9.17) is 0 Å². The summed E-state index contributed by atoms with van der Waals surface area (Å²) in [4.78, 5) is 54.4. The van der Waals surface area contributed by atoms with Gasteiger partial charge < -0.3 is 29.4 Å². The molecule has 2 aliphatic rings. The number of hydrogen-bond acceptors (Lipinski definition) is 7. The maximum absolute atomic E-state index is 15.8. The molecule has 2 atom stereocenters. The van der Waals surface area contributed by atoms with Gasteiger partial charge in [0.2, 0.25) is 11.8 Å². The molecule has 0 unspecified atom stereocenters. The fraction of sp³-hybridized carbons (Fsp3) is 0.300. The lowest BCUT2D eigenvalue weighted by atomic mass is 9.99. The number of carbonyl (C=O) groups excluding carboxylic acids is 1. The van der Waals surface area contributed by atoms with Gasteiger partial charge in [0.1, 0.15) is 16.9 Å². The number of rotatable bonds is 5. The number of benzene rings is 1. The molecule has 2 N–H and O–H groups in total. The standard InChI is InChI=1S/C30H27F2N7O4/c1-36-10-14-4-5-39(21(14)12-36)26-17(15-6-16-27(41)18(30(42)43)11-37(2)29(16)34-8-15)9-33-28-23(26)22-24(32)19(31)7-20(25(22)35-28)38(3)13-40/h6-9,11,13-14,21H,4-5,10,12H2,1-3H3,(H,33,35)(H,42,43)/t14-,21+/m0/s1. The topological polar surface area (TPSA) is 128 Å². The number of aromatic nitrogens is 4. The molecule has 43 heavy (non-hydrogen) atoms. The van der Waals surface area contributed by atoms with Crippen LogP contribution < -0.4 is 15.2 Å². The molecule has 0 spiro atoms. The number of pyridine rings is 3. The van der Waals surface area contributed by atoms with Crippen LogP contribution in [0.5, 0.6) is 0 Å². The van der Waals surface area contributed by atoms with Crippen molar-refractivity contribution >= 4 is 56.7 Å². The molecule has 5 aromatic rings. The molecule has 13 heteroatoms. The number of aromatic carboxylic acids is 1. The van der Waals surface area contributed by atoms with Crippen LogP contribution in [0.2, 0.25) is 0 Å². The van der Waals surface area contributed by atoms with Gasteiger partial charge in [0.05, 0.1) is 33.1 Å². The minimum absolute atomic E-state index is 0.0318. The molecule has 1 amide bonds. The average molecular weight is 588 g/mol. The molecule has 0 bridgehead atoms. The Bertz CT molecular complexity index is 2070. The van der Waals surface area contributed by atoms with Crippen molar-refractivity contribution in [3.63, 3.8) is 0 Å². The molecule has 4 aromatic heterocycles. The number of likely N-dealkylation sites (N-methyl/N-ethyl adjacent to an activating group) is 1. The number of carboxylic acids is 1. The monoisotopic (exact) mass is 587 g/mol. The van der Waals surface area contributed by atoms with Crippen LogP contribution in [0.1, 0.15) is 16.8 Å². The largest absolute Gasteiger partial charge is 0.477 e. The molecule has 1 aromatic carbocycles. The predicted octanol–water partition coefficient (Wildman–Crippen LogP) is 3.34. The fourth-order valence-electron chi connectivity index (χ4n) is 6.88. The quantitative estimate of drug-likeness (QED) is 0.300. The van der Waals surface area contributed by atoms with Gasteiger partial charge >= 0.3 is 5.97 Å². The molecule has 0 aliphatic carbocycles. The lowest BCUT2D eigenvalue weighted by Gasteiger charge is -2.29. The average Bonchev–Trinajstić information content (AvgIpc) is 3.67. The summed E-state index contributed by atoms with van der Waals surface area (Å²) >= 11 is 0. The van der Waals surface area contributed by atoms with Gasteiger partial charge in [-0.05, 0) is 25.5 Å². The van der Waals surface area contributed by atoms with Crippen LogP contribution >= 0.6 is 0 Å². The molecule has 2 aliphatic heterocycles. The normalized spacial score (nSPS) is 18.7. The first-order valence-corrected chi connectivity index (χ1v) is 13.8. The smallest absolute Gasteiger partial charge is 0.341 e. The van der Waals surface area contributed by atoms with E-state index in [-0.39, 0.29) is 33.6 Å². The van der Waals surface area contributed by atoms with Gasteiger partial charge in [-0.1, -0.05) is 0 Å². The van der Waals surface area contributed by atoms with Crippen molar-refractivity contribution in [3.8, 4) is 11.1 Å². The lowest BCUT2D eigenvalue weighted by molar-refractivity contribution is -0.107. The molecule has 2 fully saturated rings. The van der Waals surface area contributed by atoms with Crippen molar-refractivity contribution in [1.82, 2.24) is 24.4 Å². The van der Waals surface area contributed by atoms with Gasteiger partial charge in [0.25, 0.3) is 0 Å². The van der Waals surface area contributed by atoms with Crippen LogP contribution in [0.4, 0.5) is 20.2 Å². The summed E-state index contributed by atoms with van der Waals surface area (Å²) in [6, 6.07) is 2.64. The molecule has 0 saturated carbocycles. The van der Waals surface area contributed by atoms with Crippen molar-refractivity contribution in [2.45, 2.75) is 12.5 Å². The predicted molar refractivity (Wildman–Crippen MR) is 158 cm³/mol. The van der Waals surface area contributed by atoms with Gasteiger partial charge in [0.15, 0.2) is 11.6 Å². The number of amides is 1. The molecule has 0 radical (unpaired) electrons. The van der Waals surface area contributed by atoms with E-state index < -0.39 is 23.0 Å². The highest BCUT2D eigenvalue weighted by atomic mass is 19.2. The number of carboxylic acid groups (broad SMARTS) is 1. The van der Waals surface area contributed by atoms with Crippen LogP contribution in [-0.2, 0) is 11.8 Å². The first kappa shape index (κ1) is 27.0. The Labute approximate surface area is 243 Å². The second-order valence-electron chi connectivity index (χ2n) is 11.4. The Morgan fingerprint density at radius 1 is 1.16 bits per heavy atom. The zero-order valence-electron chi connectivity index (χ0n) is 23.6. The number of H-pyrrole nitrogens is 1. The molecule has 6 heterocycles. The summed E-state index contributed by atoms with van der Waals surface area (Å²) < 4.78 is 32.4. The van der Waals surface area contributed by atoms with E-state index in [0.717, 1.165) is 25.6 Å². The first-order valence-electron chi connectivity index (χ1n) is 13.8. The van der Waals surface area contributed by atoms with Gasteiger partial charge in [0, 0.05) is 75.6 Å². The zero-order chi connectivity index (χ0) is 30.3. The summed E-state index contributed by atoms with van der Waals surface area (Å²) in [5.74, 6) is -3.16. The number of anilines is 2. The Morgan fingerprint density at radius 2 is 1.95 bits per heavy atom. The molecule has 220 valence electrons. The maximum Gasteiger partial charge on any atom is 0.341 e. The number of aryl methyl sites for hydroxylation is 1. The van der Waals surface area contributed by atoms with Crippen LogP contribution in [0.25, 0.3) is 44.1 Å². The van der Waals surface area contributed by atoms with E-state index in [0.29, 0.717) is 52.4 Å². The molecule has 2 saturated heterocycles. The summed E-state index contributed by atoms with van der Waals surface area (Å²) in [5.41, 5.74) is 1.55. The molecular formula is C30H27F2N7O4.